The van der Waals surface area contributed by atoms with Crippen LogP contribution in [0.15, 0.2) is 0 Å². The van der Waals surface area contributed by atoms with Crippen LogP contribution in [0.1, 0.15) is 60.3 Å². The summed E-state index contributed by atoms with van der Waals surface area (Å²) in [5.41, 5.74) is 6.54. The second-order valence-corrected chi connectivity index (χ2v) is 7.74. The van der Waals surface area contributed by atoms with Gasteiger partial charge in [-0.3, -0.25) is 4.90 Å². The highest BCUT2D eigenvalue weighted by Gasteiger charge is 2.39. The molecular formula is C18H38N2O. The number of nitrogens with two attached hydrogens (primary N) is 1. The Kier molecular flexibility index (Phi) is 7.66. The molecule has 0 saturated heterocycles. The summed E-state index contributed by atoms with van der Waals surface area (Å²) >= 11 is 0. The van der Waals surface area contributed by atoms with Crippen molar-refractivity contribution in [1.29, 1.82) is 0 Å². The molecule has 3 unspecified atom stereocenters. The first-order valence-corrected chi connectivity index (χ1v) is 8.82. The molecule has 1 saturated carbocycles. The van der Waals surface area contributed by atoms with Crippen LogP contribution in [0.25, 0.3) is 0 Å². The number of methoxy groups -OCH3 is 1. The Bertz CT molecular complexity index is 291. The lowest BCUT2D eigenvalue weighted by Gasteiger charge is -2.48. The lowest BCUT2D eigenvalue weighted by Crippen LogP contribution is -2.52. The van der Waals surface area contributed by atoms with Crippen LogP contribution in [0.5, 0.6) is 0 Å². The Morgan fingerprint density at radius 3 is 2.43 bits per heavy atom. The molecule has 1 aliphatic carbocycles. The highest BCUT2D eigenvalue weighted by molar-refractivity contribution is 4.92. The molecule has 0 bridgehead atoms. The summed E-state index contributed by atoms with van der Waals surface area (Å²) in [4.78, 5) is 2.64. The second-order valence-electron chi connectivity index (χ2n) is 7.74. The van der Waals surface area contributed by atoms with Crippen LogP contribution in [0.3, 0.4) is 0 Å². The quantitative estimate of drug-likeness (QED) is 0.745. The fraction of sp³-hybridized carbons (Fsp3) is 1.00. The first-order valence-electron chi connectivity index (χ1n) is 8.82. The Morgan fingerprint density at radius 1 is 1.29 bits per heavy atom. The molecule has 0 heterocycles. The topological polar surface area (TPSA) is 38.5 Å². The van der Waals surface area contributed by atoms with E-state index in [-0.39, 0.29) is 0 Å². The molecule has 0 aliphatic heterocycles. The van der Waals surface area contributed by atoms with Crippen LogP contribution in [-0.2, 0) is 4.74 Å². The maximum absolute atomic E-state index is 6.09. The Labute approximate surface area is 132 Å². The number of rotatable bonds is 8. The molecule has 2 N–H and O–H groups in total. The summed E-state index contributed by atoms with van der Waals surface area (Å²) < 4.78 is 5.32. The zero-order valence-electron chi connectivity index (χ0n) is 15.2. The van der Waals surface area contributed by atoms with E-state index >= 15 is 0 Å². The number of hydrogen-bond acceptors (Lipinski definition) is 3. The molecule has 21 heavy (non-hydrogen) atoms. The SMILES string of the molecule is CCC(C)(C)C1CCC(CN)C(N(CCOC)C(C)C)C1. The number of nitrogens with zero attached hydrogens (tertiary/aromatic N) is 1. The molecule has 0 spiro atoms. The maximum Gasteiger partial charge on any atom is 0.0589 e. The van der Waals surface area contributed by atoms with E-state index in [4.69, 9.17) is 10.5 Å². The largest absolute Gasteiger partial charge is 0.383 e. The minimum absolute atomic E-state index is 0.446. The molecule has 3 atom stereocenters. The van der Waals surface area contributed by atoms with Crippen molar-refractivity contribution in [1.82, 2.24) is 4.90 Å². The van der Waals surface area contributed by atoms with Crippen LogP contribution < -0.4 is 5.73 Å². The molecular weight excluding hydrogens is 260 g/mol. The first kappa shape index (κ1) is 18.9. The summed E-state index contributed by atoms with van der Waals surface area (Å²) in [5.74, 6) is 1.47. The van der Waals surface area contributed by atoms with Gasteiger partial charge in [0.1, 0.15) is 0 Å². The van der Waals surface area contributed by atoms with E-state index in [9.17, 15) is 0 Å². The number of hydrogen-bond donors (Lipinski definition) is 1. The van der Waals surface area contributed by atoms with Gasteiger partial charge in [0.25, 0.3) is 0 Å². The predicted octanol–water partition coefficient (Wildman–Crippen LogP) is 3.52. The van der Waals surface area contributed by atoms with Gasteiger partial charge in [-0.05, 0) is 56.9 Å². The lowest BCUT2D eigenvalue weighted by atomic mass is 9.65. The van der Waals surface area contributed by atoms with E-state index in [1.165, 1.54) is 25.7 Å². The van der Waals surface area contributed by atoms with Crippen LogP contribution >= 0.6 is 0 Å². The minimum Gasteiger partial charge on any atom is -0.383 e. The zero-order chi connectivity index (χ0) is 16.0. The molecule has 0 radical (unpaired) electrons. The maximum atomic E-state index is 6.09. The Balaban J connectivity index is 2.85. The van der Waals surface area contributed by atoms with Crippen molar-refractivity contribution in [2.24, 2.45) is 23.0 Å². The highest BCUT2D eigenvalue weighted by atomic mass is 16.5. The van der Waals surface area contributed by atoms with Gasteiger partial charge in [0.2, 0.25) is 0 Å². The summed E-state index contributed by atoms with van der Waals surface area (Å²) in [6.07, 6.45) is 5.18. The summed E-state index contributed by atoms with van der Waals surface area (Å²) in [6.45, 7) is 14.5. The molecule has 1 rings (SSSR count). The molecule has 3 heteroatoms. The minimum atomic E-state index is 0.446. The fourth-order valence-corrected chi connectivity index (χ4v) is 3.89. The fourth-order valence-electron chi connectivity index (χ4n) is 3.89. The summed E-state index contributed by atoms with van der Waals surface area (Å²) in [5, 5.41) is 0. The van der Waals surface area contributed by atoms with E-state index in [2.05, 4.69) is 39.5 Å². The van der Waals surface area contributed by atoms with E-state index in [0.717, 1.165) is 25.6 Å². The van der Waals surface area contributed by atoms with Crippen molar-refractivity contribution < 1.29 is 4.74 Å². The van der Waals surface area contributed by atoms with Crippen LogP contribution in [0, 0.1) is 17.3 Å². The smallest absolute Gasteiger partial charge is 0.0589 e. The van der Waals surface area contributed by atoms with Crippen molar-refractivity contribution in [2.45, 2.75) is 72.4 Å². The van der Waals surface area contributed by atoms with Crippen molar-refractivity contribution >= 4 is 0 Å². The lowest BCUT2D eigenvalue weighted by molar-refractivity contribution is 0.00927. The Hall–Kier alpha value is -0.120. The molecule has 0 aromatic carbocycles. The van der Waals surface area contributed by atoms with Gasteiger partial charge in [0.15, 0.2) is 0 Å². The molecule has 1 aliphatic rings. The second kappa shape index (κ2) is 8.50. The molecule has 1 fully saturated rings. The van der Waals surface area contributed by atoms with Gasteiger partial charge < -0.3 is 10.5 Å². The normalized spacial score (nSPS) is 27.6. The monoisotopic (exact) mass is 298 g/mol. The predicted molar refractivity (Wildman–Crippen MR) is 91.5 cm³/mol. The van der Waals surface area contributed by atoms with Crippen molar-refractivity contribution in [2.75, 3.05) is 26.8 Å². The van der Waals surface area contributed by atoms with E-state index in [1.54, 1.807) is 7.11 Å². The van der Waals surface area contributed by atoms with E-state index < -0.39 is 0 Å². The van der Waals surface area contributed by atoms with Crippen molar-refractivity contribution in [3.05, 3.63) is 0 Å². The molecule has 0 amide bonds. The van der Waals surface area contributed by atoms with Gasteiger partial charge >= 0.3 is 0 Å². The molecule has 3 nitrogen and oxygen atoms in total. The van der Waals surface area contributed by atoms with Gasteiger partial charge in [0, 0.05) is 25.7 Å². The van der Waals surface area contributed by atoms with Gasteiger partial charge in [-0.1, -0.05) is 27.2 Å². The molecule has 126 valence electrons. The van der Waals surface area contributed by atoms with Gasteiger partial charge in [-0.25, -0.2) is 0 Å². The number of ether oxygens (including phenoxy) is 1. The average Bonchev–Trinajstić information content (AvgIpc) is 2.47. The third-order valence-electron chi connectivity index (χ3n) is 5.92. The third kappa shape index (κ3) is 4.94. The van der Waals surface area contributed by atoms with Crippen molar-refractivity contribution in [3.8, 4) is 0 Å². The van der Waals surface area contributed by atoms with Crippen LogP contribution in [0.4, 0.5) is 0 Å². The molecule has 0 aromatic rings. The molecule has 0 aromatic heterocycles. The summed E-state index contributed by atoms with van der Waals surface area (Å²) in [6, 6.07) is 1.18. The Morgan fingerprint density at radius 2 is 1.95 bits per heavy atom. The zero-order valence-corrected chi connectivity index (χ0v) is 15.2. The van der Waals surface area contributed by atoms with E-state index in [0.29, 0.717) is 23.4 Å². The standard InChI is InChI=1S/C18H38N2O/c1-7-18(4,5)16-9-8-15(13-19)17(12-16)20(14(2)3)10-11-21-6/h14-17H,7-13,19H2,1-6H3. The highest BCUT2D eigenvalue weighted by Crippen LogP contribution is 2.43. The van der Waals surface area contributed by atoms with Crippen molar-refractivity contribution in [3.63, 3.8) is 0 Å². The van der Waals surface area contributed by atoms with Gasteiger partial charge in [-0.2, -0.15) is 0 Å². The van der Waals surface area contributed by atoms with Gasteiger partial charge in [0.05, 0.1) is 6.61 Å². The van der Waals surface area contributed by atoms with Crippen LogP contribution in [-0.4, -0.2) is 43.8 Å². The van der Waals surface area contributed by atoms with E-state index in [1.807, 2.05) is 0 Å². The van der Waals surface area contributed by atoms with Crippen LogP contribution in [0.2, 0.25) is 0 Å². The average molecular weight is 299 g/mol. The first-order chi connectivity index (χ1) is 9.87. The third-order valence-corrected chi connectivity index (χ3v) is 5.92. The van der Waals surface area contributed by atoms with Gasteiger partial charge in [-0.15, -0.1) is 0 Å². The summed E-state index contributed by atoms with van der Waals surface area (Å²) in [7, 11) is 1.79.